The summed E-state index contributed by atoms with van der Waals surface area (Å²) in [6.07, 6.45) is 0.415. The number of unbranched alkanes of at least 4 members (excludes halogenated alkanes) is 1. The third-order valence-corrected chi connectivity index (χ3v) is 24.1. The van der Waals surface area contributed by atoms with Gasteiger partial charge in [-0.25, -0.2) is 4.39 Å². The number of piperidine rings is 1. The zero-order chi connectivity index (χ0) is 93.9. The van der Waals surface area contributed by atoms with E-state index in [9.17, 15) is 53.0 Å². The normalized spacial score (nSPS) is 24.2. The maximum absolute atomic E-state index is 15.7. The van der Waals surface area contributed by atoms with Crippen LogP contribution in [0.4, 0.5) is 4.39 Å². The van der Waals surface area contributed by atoms with Gasteiger partial charge < -0.3 is 99.0 Å². The second kappa shape index (κ2) is 47.9. The number of hydrogen-bond acceptors (Lipinski definition) is 19. The molecule has 0 aliphatic carbocycles. The van der Waals surface area contributed by atoms with Gasteiger partial charge in [-0.05, 0) is 122 Å². The lowest BCUT2D eigenvalue weighted by atomic mass is 9.96. The minimum Gasteiger partial charge on any atom is -0.508 e. The van der Waals surface area contributed by atoms with Gasteiger partial charge in [0.2, 0.25) is 94.5 Å². The molecule has 694 valence electrons. The highest BCUT2D eigenvalue weighted by atomic mass is 32.2. The van der Waals surface area contributed by atoms with Crippen LogP contribution in [0.1, 0.15) is 148 Å². The number of H-pyrrole nitrogens is 1. The van der Waals surface area contributed by atoms with Crippen molar-refractivity contribution >= 4 is 123 Å². The molecule has 0 saturated carbocycles. The van der Waals surface area contributed by atoms with Gasteiger partial charge >= 0.3 is 5.97 Å². The van der Waals surface area contributed by atoms with E-state index in [0.717, 1.165) is 33.7 Å². The molecule has 3 aliphatic heterocycles. The highest BCUT2D eigenvalue weighted by molar-refractivity contribution is 8.00. The van der Waals surface area contributed by atoms with E-state index in [4.69, 9.17) is 11.5 Å². The number of carbonyl (C=O) groups excluding carboxylic acids is 16. The summed E-state index contributed by atoms with van der Waals surface area (Å²) in [5.74, 6) is -19.7. The fourth-order valence-corrected chi connectivity index (χ4v) is 17.1. The van der Waals surface area contributed by atoms with Crippen LogP contribution in [0.5, 0.6) is 5.75 Å². The number of aromatic hydroxyl groups is 1. The Labute approximate surface area is 747 Å². The van der Waals surface area contributed by atoms with E-state index in [0.29, 0.717) is 58.8 Å². The van der Waals surface area contributed by atoms with Crippen LogP contribution in [-0.4, -0.2) is 271 Å². The Morgan fingerprint density at radius 2 is 1.07 bits per heavy atom. The Bertz CT molecular complexity index is 4790. The second-order valence-corrected chi connectivity index (χ2v) is 35.1. The molecule has 4 aromatic carbocycles. The van der Waals surface area contributed by atoms with E-state index in [2.05, 4.69) is 52.8 Å². The molecule has 0 bridgehead atoms. The Morgan fingerprint density at radius 1 is 0.523 bits per heavy atom. The molecule has 5 aromatic rings. The summed E-state index contributed by atoms with van der Waals surface area (Å²) >= 11 is 0.788. The molecule has 13 atom stereocenters. The predicted octanol–water partition coefficient (Wildman–Crippen LogP) is 1.65. The lowest BCUT2D eigenvalue weighted by Gasteiger charge is -2.39. The Hall–Kier alpha value is -12.5. The number of primary amides is 2. The third kappa shape index (κ3) is 28.5. The van der Waals surface area contributed by atoms with Crippen LogP contribution in [0.25, 0.3) is 10.9 Å². The second-order valence-electron chi connectivity index (χ2n) is 34.0. The number of benzene rings is 4. The third-order valence-electron chi connectivity index (χ3n) is 23.1. The van der Waals surface area contributed by atoms with Crippen molar-refractivity contribution in [2.75, 3.05) is 52.3 Å². The number of aliphatic carboxylic acids is 1. The molecule has 4 heterocycles. The van der Waals surface area contributed by atoms with E-state index in [1.165, 1.54) is 72.2 Å². The summed E-state index contributed by atoms with van der Waals surface area (Å²) in [4.78, 5) is 258. The Balaban J connectivity index is 1.22. The number of rotatable bonds is 23. The quantitative estimate of drug-likeness (QED) is 0.0442. The van der Waals surface area contributed by atoms with Crippen molar-refractivity contribution in [2.45, 2.75) is 230 Å². The number of amides is 16. The molecule has 38 heteroatoms. The highest BCUT2D eigenvalue weighted by Crippen LogP contribution is 2.28. The maximum Gasteiger partial charge on any atom is 0.305 e. The van der Waals surface area contributed by atoms with Crippen LogP contribution in [0.2, 0.25) is 0 Å². The van der Waals surface area contributed by atoms with Gasteiger partial charge in [-0.3, -0.25) is 81.5 Å². The number of aromatic amines is 1. The molecule has 3 aliphatic rings. The van der Waals surface area contributed by atoms with Gasteiger partial charge in [0.05, 0.1) is 18.7 Å². The SMILES string of the molecule is CCCC[C@H]1C(=O)N2CCC[C@@H]2C(=O)N[C@@H](CC(=O)O)C(=O)N[C@@H](C(C)C)C(=O)N(C)[C@@H](C(C)C)C(=O)N[C@@H](CCC(N)=O)C(=O)N2CCCC[C@@H]2C(=O)N[C@H](Cc2c[nH]c3ccccc23)C(=O)N[C@@H](Cc2ccc(O)cc2)C(=O)N[C@@H](CC(C)C)C(=O)N[C@H](C(=O)NCC(N)=O)CSCC(=O)N[C@@H](Cc2ccc(F)cc2)C(=O)N(C)[C@@H](Cc2ccccc2)C(=O)N1C. The summed E-state index contributed by atoms with van der Waals surface area (Å²) in [5, 5.41) is 45.3. The van der Waals surface area contributed by atoms with Gasteiger partial charge in [-0.1, -0.05) is 134 Å². The minimum absolute atomic E-state index is 0.00388. The molecule has 3 fully saturated rings. The number of carbonyl (C=O) groups is 17. The maximum atomic E-state index is 15.7. The van der Waals surface area contributed by atoms with Crippen LogP contribution in [0.15, 0.2) is 109 Å². The monoisotopic (exact) mass is 1800 g/mol. The number of para-hydroxylation sites is 1. The zero-order valence-corrected chi connectivity index (χ0v) is 74.8. The van der Waals surface area contributed by atoms with E-state index in [1.54, 1.807) is 102 Å². The number of aromatic nitrogens is 1. The Morgan fingerprint density at radius 3 is 1.69 bits per heavy atom. The number of nitrogens with one attached hydrogen (secondary N) is 10. The van der Waals surface area contributed by atoms with Crippen molar-refractivity contribution in [1.29, 1.82) is 0 Å². The van der Waals surface area contributed by atoms with Gasteiger partial charge in [0.25, 0.3) is 0 Å². The van der Waals surface area contributed by atoms with Crippen molar-refractivity contribution < 1.29 is 96.1 Å². The van der Waals surface area contributed by atoms with Crippen molar-refractivity contribution in [3.63, 3.8) is 0 Å². The van der Waals surface area contributed by atoms with Gasteiger partial charge in [-0.15, -0.1) is 11.8 Å². The predicted molar refractivity (Wildman–Crippen MR) is 472 cm³/mol. The Kier molecular flexibility index (Phi) is 37.7. The summed E-state index contributed by atoms with van der Waals surface area (Å²) in [6.45, 7) is 10.8. The first-order chi connectivity index (χ1) is 60.7. The smallest absolute Gasteiger partial charge is 0.305 e. The molecule has 0 unspecified atom stereocenters. The van der Waals surface area contributed by atoms with Crippen LogP contribution in [-0.2, 0) is 107 Å². The number of phenols is 1. The number of hydrogen-bond donors (Lipinski definition) is 14. The van der Waals surface area contributed by atoms with Gasteiger partial charge in [-0.2, -0.15) is 0 Å². The van der Waals surface area contributed by atoms with Gasteiger partial charge in [0.1, 0.15) is 90.1 Å². The summed E-state index contributed by atoms with van der Waals surface area (Å²) in [6, 6.07) is 6.51. The van der Waals surface area contributed by atoms with Crippen LogP contribution < -0.4 is 59.3 Å². The van der Waals surface area contributed by atoms with Crippen LogP contribution in [0, 0.1) is 23.6 Å². The van der Waals surface area contributed by atoms with Gasteiger partial charge in [0.15, 0.2) is 0 Å². The molecule has 0 spiro atoms. The van der Waals surface area contributed by atoms with Crippen LogP contribution in [0.3, 0.4) is 0 Å². The van der Waals surface area contributed by atoms with E-state index in [1.807, 2.05) is 6.92 Å². The number of thioether (sulfide) groups is 1. The lowest BCUT2D eigenvalue weighted by Crippen LogP contribution is -2.63. The number of nitrogens with two attached hydrogens (primary N) is 2. The number of halogens is 1. The first-order valence-electron chi connectivity index (χ1n) is 43.3. The summed E-state index contributed by atoms with van der Waals surface area (Å²) in [5.41, 5.74) is 13.6. The van der Waals surface area contributed by atoms with Crippen molar-refractivity contribution in [3.05, 3.63) is 137 Å². The fraction of sp³-hybridized carbons (Fsp3) is 0.522. The molecule has 16 amide bonds. The first-order valence-corrected chi connectivity index (χ1v) is 44.5. The number of carboxylic acid groups (broad SMARTS) is 1. The topological polar surface area (TPSA) is 523 Å². The molecule has 1 aromatic heterocycles. The number of fused-ring (bicyclic) bond motifs is 3. The average Bonchev–Trinajstić information content (AvgIpc) is 1.27. The number of nitrogens with zero attached hydrogens (tertiary/aromatic N) is 5. The number of phenolic OH excluding ortho intramolecular Hbond substituents is 1. The molecular formula is C90H122FN17O19S. The van der Waals surface area contributed by atoms with Gasteiger partial charge in [0, 0.05) is 89.2 Å². The summed E-state index contributed by atoms with van der Waals surface area (Å²) in [7, 11) is 3.97. The van der Waals surface area contributed by atoms with Crippen molar-refractivity contribution in [3.8, 4) is 5.75 Å². The number of likely N-dealkylation sites (N-methyl/N-ethyl adjacent to an activating group) is 3. The largest absolute Gasteiger partial charge is 0.508 e. The minimum atomic E-state index is -1.90. The molecule has 128 heavy (non-hydrogen) atoms. The average molecular weight is 1800 g/mol. The van der Waals surface area contributed by atoms with Crippen LogP contribution >= 0.6 is 11.8 Å². The van der Waals surface area contributed by atoms with E-state index < -0.39 is 234 Å². The molecule has 16 N–H and O–H groups in total. The van der Waals surface area contributed by atoms with Crippen molar-refractivity contribution in [1.82, 2.24) is 77.3 Å². The highest BCUT2D eigenvalue weighted by Gasteiger charge is 2.46. The number of carboxylic acids is 1. The molecule has 36 nitrogen and oxygen atoms in total. The molecule has 8 rings (SSSR count). The lowest BCUT2D eigenvalue weighted by molar-refractivity contribution is -0.152. The van der Waals surface area contributed by atoms with Crippen molar-refractivity contribution in [2.24, 2.45) is 29.2 Å². The zero-order valence-electron chi connectivity index (χ0n) is 74.0. The molecule has 0 radical (unpaired) electrons. The van der Waals surface area contributed by atoms with E-state index >= 15 is 43.2 Å². The fourth-order valence-electron chi connectivity index (χ4n) is 16.2. The molecule has 3 saturated heterocycles. The summed E-state index contributed by atoms with van der Waals surface area (Å²) < 4.78 is 14.6. The first kappa shape index (κ1) is 101. The molecular weight excluding hydrogens is 1670 g/mol. The van der Waals surface area contributed by atoms with E-state index in [-0.39, 0.29) is 82.5 Å². The standard InChI is InChI=1S/C90H122FN17O19S/c1-11-12-25-70-89(126)108-39-20-27-69(108)84(121)101-65(45-75(113)114)82(119)103-76(51(4)5)90(127)106(10)77(52(6)7)85(122)97-61(36-37-72(92)110)87(124)107-38-19-18-26-68(107)83(120)100-64(44-56-46-94-60-24-17-16-23-59(56)60)81(118)99-63(41-55-30-34-58(109)35-31-55)80(117)98-62(40-50(2)3)79(116)102-67(78(115)95-47-73(93)111)48-128-49-74(112)96-66(42-54-28-32-57(91)33-29-54)86(123)105(9)71(88(125)104(70)8)43-53-21-14-13-15-22-53/h13-17,21-24,28-35,46,50-52,61-71,76-77,94,109H,11-12,18-20,25-27,36-45,47-49H2,1-10H3,(H2,92,110)(H2,93,111)(H,95,115)(H,96,112)(H,97,122)(H,98,117)(H,99,118)(H,100,120)(H,101,121)(H,102,116)(H,103,119)(H,113,114)/t61-,62-,63-,64+,65-,66-,67-,68+,69+,70-,71-,76-,77-/m0/s1.